The highest BCUT2D eigenvalue weighted by molar-refractivity contribution is 5.87. The summed E-state index contributed by atoms with van der Waals surface area (Å²) in [5, 5.41) is 6.05. The summed E-state index contributed by atoms with van der Waals surface area (Å²) in [5.41, 5.74) is -0.260. The van der Waals surface area contributed by atoms with E-state index in [9.17, 15) is 9.59 Å². The van der Waals surface area contributed by atoms with Crippen molar-refractivity contribution in [3.63, 3.8) is 0 Å². The molecule has 0 aromatic rings. The maximum Gasteiger partial charge on any atom is 0.240 e. The van der Waals surface area contributed by atoms with Gasteiger partial charge in [-0.05, 0) is 40.2 Å². The van der Waals surface area contributed by atoms with Crippen molar-refractivity contribution < 1.29 is 9.59 Å². The Morgan fingerprint density at radius 3 is 2.50 bits per heavy atom. The molecule has 1 fully saturated rings. The van der Waals surface area contributed by atoms with E-state index in [1.54, 1.807) is 7.05 Å². The monoisotopic (exact) mass is 255 g/mol. The SMILES string of the molecule is CN(CC(=O)NC(C)(C)C)C(=O)[C@@H]1CCCCN1. The lowest BCUT2D eigenvalue weighted by molar-refractivity contribution is -0.137. The van der Waals surface area contributed by atoms with Crippen LogP contribution in [-0.4, -0.2) is 48.4 Å². The maximum atomic E-state index is 12.1. The van der Waals surface area contributed by atoms with Gasteiger partial charge in [-0.1, -0.05) is 6.42 Å². The van der Waals surface area contributed by atoms with E-state index in [1.165, 1.54) is 4.90 Å². The Morgan fingerprint density at radius 1 is 1.33 bits per heavy atom. The molecule has 1 atom stereocenters. The van der Waals surface area contributed by atoms with E-state index in [4.69, 9.17) is 0 Å². The number of hydrogen-bond donors (Lipinski definition) is 2. The van der Waals surface area contributed by atoms with E-state index in [0.717, 1.165) is 25.8 Å². The smallest absolute Gasteiger partial charge is 0.240 e. The molecular formula is C13H25N3O2. The summed E-state index contributed by atoms with van der Waals surface area (Å²) in [5.74, 6) is -0.104. The van der Waals surface area contributed by atoms with E-state index in [1.807, 2.05) is 20.8 Å². The molecule has 0 aromatic heterocycles. The fraction of sp³-hybridized carbons (Fsp3) is 0.846. The number of rotatable bonds is 3. The Balaban J connectivity index is 2.41. The van der Waals surface area contributed by atoms with Crippen LogP contribution in [0, 0.1) is 0 Å². The summed E-state index contributed by atoms with van der Waals surface area (Å²) < 4.78 is 0. The molecule has 0 saturated carbocycles. The number of likely N-dealkylation sites (N-methyl/N-ethyl adjacent to an activating group) is 1. The maximum absolute atomic E-state index is 12.1. The van der Waals surface area contributed by atoms with Crippen LogP contribution in [-0.2, 0) is 9.59 Å². The van der Waals surface area contributed by atoms with E-state index in [0.29, 0.717) is 0 Å². The average Bonchev–Trinajstić information content (AvgIpc) is 2.26. The third kappa shape index (κ3) is 5.04. The molecule has 0 aromatic carbocycles. The van der Waals surface area contributed by atoms with Crippen molar-refractivity contribution >= 4 is 11.8 Å². The van der Waals surface area contributed by atoms with Crippen molar-refractivity contribution in [2.45, 2.75) is 51.6 Å². The minimum Gasteiger partial charge on any atom is -0.350 e. The Morgan fingerprint density at radius 2 is 2.00 bits per heavy atom. The van der Waals surface area contributed by atoms with Crippen LogP contribution in [0.5, 0.6) is 0 Å². The number of nitrogens with zero attached hydrogens (tertiary/aromatic N) is 1. The molecule has 1 rings (SSSR count). The molecule has 104 valence electrons. The number of carbonyl (C=O) groups is 2. The molecule has 0 aliphatic carbocycles. The minimum absolute atomic E-state index is 0.0127. The zero-order valence-electron chi connectivity index (χ0n) is 11.9. The summed E-state index contributed by atoms with van der Waals surface area (Å²) >= 11 is 0. The lowest BCUT2D eigenvalue weighted by Gasteiger charge is -2.28. The van der Waals surface area contributed by atoms with Gasteiger partial charge in [0.15, 0.2) is 0 Å². The van der Waals surface area contributed by atoms with Crippen molar-refractivity contribution in [2.24, 2.45) is 0 Å². The third-order valence-corrected chi connectivity index (χ3v) is 2.88. The van der Waals surface area contributed by atoms with Gasteiger partial charge in [0.1, 0.15) is 0 Å². The molecule has 18 heavy (non-hydrogen) atoms. The molecule has 5 heteroatoms. The number of piperidine rings is 1. The van der Waals surface area contributed by atoms with Crippen LogP contribution in [0.25, 0.3) is 0 Å². The quantitative estimate of drug-likeness (QED) is 0.772. The molecule has 1 aliphatic rings. The van der Waals surface area contributed by atoms with Crippen LogP contribution in [0.15, 0.2) is 0 Å². The van der Waals surface area contributed by atoms with Crippen LogP contribution < -0.4 is 10.6 Å². The zero-order chi connectivity index (χ0) is 13.8. The van der Waals surface area contributed by atoms with Crippen LogP contribution in [0.4, 0.5) is 0 Å². The Hall–Kier alpha value is -1.10. The Kier molecular flexibility index (Phi) is 5.14. The van der Waals surface area contributed by atoms with Crippen molar-refractivity contribution in [2.75, 3.05) is 20.1 Å². The van der Waals surface area contributed by atoms with E-state index < -0.39 is 0 Å². The third-order valence-electron chi connectivity index (χ3n) is 2.88. The fourth-order valence-electron chi connectivity index (χ4n) is 2.08. The molecule has 1 heterocycles. The Bertz CT molecular complexity index is 304. The van der Waals surface area contributed by atoms with Crippen molar-refractivity contribution in [1.29, 1.82) is 0 Å². The van der Waals surface area contributed by atoms with Gasteiger partial charge in [0, 0.05) is 12.6 Å². The van der Waals surface area contributed by atoms with Gasteiger partial charge in [0.25, 0.3) is 0 Å². The molecular weight excluding hydrogens is 230 g/mol. The van der Waals surface area contributed by atoms with Gasteiger partial charge in [-0.25, -0.2) is 0 Å². The van der Waals surface area contributed by atoms with E-state index in [-0.39, 0.29) is 29.9 Å². The largest absolute Gasteiger partial charge is 0.350 e. The second-order valence-electron chi connectivity index (χ2n) is 5.99. The van der Waals surface area contributed by atoms with E-state index >= 15 is 0 Å². The molecule has 2 N–H and O–H groups in total. The Labute approximate surface area is 109 Å². The molecule has 0 spiro atoms. The molecule has 0 unspecified atom stereocenters. The van der Waals surface area contributed by atoms with Crippen LogP contribution in [0.3, 0.4) is 0 Å². The first-order valence-corrected chi connectivity index (χ1v) is 6.59. The second-order valence-corrected chi connectivity index (χ2v) is 5.99. The molecule has 5 nitrogen and oxygen atoms in total. The lowest BCUT2D eigenvalue weighted by atomic mass is 10.0. The summed E-state index contributed by atoms with van der Waals surface area (Å²) in [6, 6.07) is -0.119. The summed E-state index contributed by atoms with van der Waals surface area (Å²) in [6.45, 7) is 6.78. The first kappa shape index (κ1) is 15.0. The standard InChI is InChI=1S/C13H25N3O2/c1-13(2,3)15-11(17)9-16(4)12(18)10-7-5-6-8-14-10/h10,14H,5-9H2,1-4H3,(H,15,17)/t10-/m0/s1. The first-order valence-electron chi connectivity index (χ1n) is 6.59. The second kappa shape index (κ2) is 6.18. The summed E-state index contributed by atoms with van der Waals surface area (Å²) in [4.78, 5) is 25.3. The summed E-state index contributed by atoms with van der Waals surface area (Å²) in [7, 11) is 1.68. The fourth-order valence-corrected chi connectivity index (χ4v) is 2.08. The van der Waals surface area contributed by atoms with Gasteiger partial charge in [-0.3, -0.25) is 9.59 Å². The predicted octanol–water partition coefficient (Wildman–Crippen LogP) is 0.502. The molecule has 1 saturated heterocycles. The number of hydrogen-bond acceptors (Lipinski definition) is 3. The van der Waals surface area contributed by atoms with Crippen molar-refractivity contribution in [3.8, 4) is 0 Å². The van der Waals surface area contributed by atoms with Gasteiger partial charge < -0.3 is 15.5 Å². The number of amides is 2. The van der Waals surface area contributed by atoms with Crippen LogP contribution >= 0.6 is 0 Å². The first-order chi connectivity index (χ1) is 8.29. The van der Waals surface area contributed by atoms with Gasteiger partial charge in [0.05, 0.1) is 12.6 Å². The molecule has 1 aliphatic heterocycles. The average molecular weight is 255 g/mol. The molecule has 0 bridgehead atoms. The predicted molar refractivity (Wildman–Crippen MR) is 71.2 cm³/mol. The topological polar surface area (TPSA) is 61.4 Å². The molecule has 0 radical (unpaired) electrons. The van der Waals surface area contributed by atoms with Crippen LogP contribution in [0.2, 0.25) is 0 Å². The van der Waals surface area contributed by atoms with E-state index in [2.05, 4.69) is 10.6 Å². The van der Waals surface area contributed by atoms with Crippen molar-refractivity contribution in [1.82, 2.24) is 15.5 Å². The number of carbonyl (C=O) groups excluding carboxylic acids is 2. The normalized spacial score (nSPS) is 20.3. The highest BCUT2D eigenvalue weighted by Crippen LogP contribution is 2.09. The highest BCUT2D eigenvalue weighted by Gasteiger charge is 2.25. The highest BCUT2D eigenvalue weighted by atomic mass is 16.2. The van der Waals surface area contributed by atoms with Crippen LogP contribution in [0.1, 0.15) is 40.0 Å². The lowest BCUT2D eigenvalue weighted by Crippen LogP contribution is -2.51. The van der Waals surface area contributed by atoms with Gasteiger partial charge in [0.2, 0.25) is 11.8 Å². The van der Waals surface area contributed by atoms with Gasteiger partial charge in [-0.15, -0.1) is 0 Å². The minimum atomic E-state index is -0.260. The number of nitrogens with one attached hydrogen (secondary N) is 2. The molecule has 2 amide bonds. The summed E-state index contributed by atoms with van der Waals surface area (Å²) in [6.07, 6.45) is 3.06. The van der Waals surface area contributed by atoms with Crippen molar-refractivity contribution in [3.05, 3.63) is 0 Å². The van der Waals surface area contributed by atoms with Gasteiger partial charge >= 0.3 is 0 Å². The zero-order valence-corrected chi connectivity index (χ0v) is 11.9. The van der Waals surface area contributed by atoms with Gasteiger partial charge in [-0.2, -0.15) is 0 Å².